The SMILES string of the molecule is CS(=O)(=O)CS(=O)(=O)NCc1cc(/C=C/C(=O)O)cs1. The van der Waals surface area contributed by atoms with Crippen LogP contribution in [0.3, 0.4) is 0 Å². The number of sulfonamides is 1. The number of carbonyl (C=O) groups is 1. The van der Waals surface area contributed by atoms with Crippen molar-refractivity contribution >= 4 is 43.2 Å². The predicted molar refractivity (Wildman–Crippen MR) is 76.5 cm³/mol. The minimum absolute atomic E-state index is 0.0383. The fourth-order valence-corrected chi connectivity index (χ4v) is 5.10. The van der Waals surface area contributed by atoms with E-state index in [9.17, 15) is 21.6 Å². The van der Waals surface area contributed by atoms with Gasteiger partial charge in [-0.2, -0.15) is 0 Å². The van der Waals surface area contributed by atoms with Gasteiger partial charge >= 0.3 is 5.97 Å². The smallest absolute Gasteiger partial charge is 0.328 e. The van der Waals surface area contributed by atoms with Crippen LogP contribution in [-0.2, 0) is 31.2 Å². The van der Waals surface area contributed by atoms with E-state index in [0.29, 0.717) is 10.4 Å². The van der Waals surface area contributed by atoms with Gasteiger partial charge in [-0.05, 0) is 23.1 Å². The molecule has 0 aromatic carbocycles. The minimum Gasteiger partial charge on any atom is -0.478 e. The van der Waals surface area contributed by atoms with Gasteiger partial charge in [0.15, 0.2) is 14.9 Å². The van der Waals surface area contributed by atoms with E-state index in [1.807, 2.05) is 0 Å². The number of sulfone groups is 1. The maximum atomic E-state index is 11.5. The molecule has 1 aromatic rings. The lowest BCUT2D eigenvalue weighted by atomic mass is 10.3. The van der Waals surface area contributed by atoms with E-state index in [1.165, 1.54) is 17.4 Å². The molecule has 0 aliphatic rings. The third-order valence-corrected chi connectivity index (χ3v) is 6.42. The molecule has 1 aromatic heterocycles. The van der Waals surface area contributed by atoms with Gasteiger partial charge in [0.2, 0.25) is 10.0 Å². The van der Waals surface area contributed by atoms with Crippen LogP contribution in [-0.4, -0.2) is 39.3 Å². The van der Waals surface area contributed by atoms with Crippen LogP contribution in [0.15, 0.2) is 17.5 Å². The monoisotopic (exact) mass is 339 g/mol. The van der Waals surface area contributed by atoms with Crippen molar-refractivity contribution in [3.8, 4) is 0 Å². The standard InChI is InChI=1S/C10H13NO6S3/c1-19(14,15)7-20(16,17)11-5-9-4-8(6-18-9)2-3-10(12)13/h2-4,6,11H,5,7H2,1H3,(H,12,13)/b3-2+. The topological polar surface area (TPSA) is 118 Å². The highest BCUT2D eigenvalue weighted by molar-refractivity contribution is 8.06. The molecule has 0 aliphatic carbocycles. The molecule has 2 N–H and O–H groups in total. The summed E-state index contributed by atoms with van der Waals surface area (Å²) in [7, 11) is -7.52. The molecular formula is C10H13NO6S3. The van der Waals surface area contributed by atoms with Gasteiger partial charge in [0.05, 0.1) is 0 Å². The summed E-state index contributed by atoms with van der Waals surface area (Å²) in [5, 5.41) is 9.17. The molecule has 0 saturated carbocycles. The maximum Gasteiger partial charge on any atom is 0.328 e. The average Bonchev–Trinajstić information content (AvgIpc) is 2.68. The van der Waals surface area contributed by atoms with E-state index in [4.69, 9.17) is 5.11 Å². The number of hydrogen-bond donors (Lipinski definition) is 2. The summed E-state index contributed by atoms with van der Waals surface area (Å²) < 4.78 is 47.0. The molecular weight excluding hydrogens is 326 g/mol. The van der Waals surface area contributed by atoms with E-state index in [-0.39, 0.29) is 6.54 Å². The Labute approximate surface area is 120 Å². The van der Waals surface area contributed by atoms with Gasteiger partial charge in [-0.15, -0.1) is 11.3 Å². The second kappa shape index (κ2) is 6.48. The zero-order valence-electron chi connectivity index (χ0n) is 10.4. The van der Waals surface area contributed by atoms with Crippen LogP contribution in [0.4, 0.5) is 0 Å². The zero-order valence-corrected chi connectivity index (χ0v) is 12.9. The Hall–Kier alpha value is -1.23. The highest BCUT2D eigenvalue weighted by Crippen LogP contribution is 2.16. The van der Waals surface area contributed by atoms with Crippen LogP contribution in [0.5, 0.6) is 0 Å². The van der Waals surface area contributed by atoms with Crippen LogP contribution >= 0.6 is 11.3 Å². The van der Waals surface area contributed by atoms with Gasteiger partial charge in [-0.3, -0.25) is 0 Å². The Bertz CT molecular complexity index is 714. The fourth-order valence-electron chi connectivity index (χ4n) is 1.25. The normalized spacial score (nSPS) is 12.8. The Morgan fingerprint density at radius 2 is 2.05 bits per heavy atom. The third-order valence-electron chi connectivity index (χ3n) is 1.93. The van der Waals surface area contributed by atoms with Crippen LogP contribution in [0.1, 0.15) is 10.4 Å². The lowest BCUT2D eigenvalue weighted by molar-refractivity contribution is -0.131. The molecule has 0 spiro atoms. The largest absolute Gasteiger partial charge is 0.478 e. The van der Waals surface area contributed by atoms with E-state index < -0.39 is 30.9 Å². The lowest BCUT2D eigenvalue weighted by Crippen LogP contribution is -2.29. The number of hydrogen-bond acceptors (Lipinski definition) is 6. The van der Waals surface area contributed by atoms with E-state index in [2.05, 4.69) is 4.72 Å². The number of thiophene rings is 1. The van der Waals surface area contributed by atoms with Crippen LogP contribution in [0.25, 0.3) is 6.08 Å². The molecule has 0 aliphatic heterocycles. The van der Waals surface area contributed by atoms with Crippen LogP contribution < -0.4 is 4.72 Å². The van der Waals surface area contributed by atoms with Gasteiger partial charge in [0, 0.05) is 23.8 Å². The highest BCUT2D eigenvalue weighted by Gasteiger charge is 2.17. The van der Waals surface area contributed by atoms with Crippen molar-refractivity contribution in [3.63, 3.8) is 0 Å². The summed E-state index contributed by atoms with van der Waals surface area (Å²) in [4.78, 5) is 11.0. The van der Waals surface area contributed by atoms with Gasteiger partial charge < -0.3 is 5.11 Å². The quantitative estimate of drug-likeness (QED) is 0.688. The number of nitrogens with one attached hydrogen (secondary N) is 1. The summed E-state index contributed by atoms with van der Waals surface area (Å²) >= 11 is 1.24. The Morgan fingerprint density at radius 1 is 1.40 bits per heavy atom. The summed E-state index contributed by atoms with van der Waals surface area (Å²) in [6.07, 6.45) is 3.19. The third kappa shape index (κ3) is 6.80. The first-order chi connectivity index (χ1) is 9.07. The molecule has 112 valence electrons. The number of rotatable bonds is 7. The molecule has 0 unspecified atom stereocenters. The lowest BCUT2D eigenvalue weighted by Gasteiger charge is -2.03. The van der Waals surface area contributed by atoms with Crippen LogP contribution in [0, 0.1) is 0 Å². The molecule has 0 saturated heterocycles. The molecule has 0 fully saturated rings. The minimum atomic E-state index is -3.90. The second-order valence-electron chi connectivity index (χ2n) is 4.00. The first-order valence-electron chi connectivity index (χ1n) is 5.21. The molecule has 20 heavy (non-hydrogen) atoms. The predicted octanol–water partition coefficient (Wildman–Crippen LogP) is 0.267. The molecule has 0 radical (unpaired) electrons. The Balaban J connectivity index is 2.65. The van der Waals surface area contributed by atoms with E-state index in [0.717, 1.165) is 12.3 Å². The summed E-state index contributed by atoms with van der Waals surface area (Å²) in [6.45, 7) is -0.0383. The maximum absolute atomic E-state index is 11.5. The number of carboxylic acid groups (broad SMARTS) is 1. The van der Waals surface area contributed by atoms with Gasteiger partial charge in [0.25, 0.3) is 0 Å². The Kier molecular flexibility index (Phi) is 5.45. The van der Waals surface area contributed by atoms with Crippen molar-refractivity contribution in [1.82, 2.24) is 4.72 Å². The zero-order chi connectivity index (χ0) is 15.4. The average molecular weight is 339 g/mol. The molecule has 0 atom stereocenters. The molecule has 1 rings (SSSR count). The van der Waals surface area contributed by atoms with Crippen molar-refractivity contribution in [2.24, 2.45) is 0 Å². The van der Waals surface area contributed by atoms with Gasteiger partial charge in [-0.1, -0.05) is 0 Å². The number of carboxylic acids is 1. The second-order valence-corrected chi connectivity index (χ2v) is 9.31. The molecule has 10 heteroatoms. The summed E-state index contributed by atoms with van der Waals surface area (Å²) in [6, 6.07) is 1.62. The van der Waals surface area contributed by atoms with Crippen molar-refractivity contribution in [2.45, 2.75) is 6.54 Å². The van der Waals surface area contributed by atoms with Crippen molar-refractivity contribution < 1.29 is 26.7 Å². The highest BCUT2D eigenvalue weighted by atomic mass is 32.3. The van der Waals surface area contributed by atoms with Gasteiger partial charge in [0.1, 0.15) is 0 Å². The number of aliphatic carboxylic acids is 1. The van der Waals surface area contributed by atoms with Crippen molar-refractivity contribution in [1.29, 1.82) is 0 Å². The summed E-state index contributed by atoms with van der Waals surface area (Å²) in [5.74, 6) is -1.08. The Morgan fingerprint density at radius 3 is 2.60 bits per heavy atom. The molecule has 0 amide bonds. The van der Waals surface area contributed by atoms with Crippen LogP contribution in [0.2, 0.25) is 0 Å². The molecule has 1 heterocycles. The van der Waals surface area contributed by atoms with Crippen molar-refractivity contribution in [2.75, 3.05) is 11.3 Å². The van der Waals surface area contributed by atoms with E-state index in [1.54, 1.807) is 11.4 Å². The van der Waals surface area contributed by atoms with Crippen molar-refractivity contribution in [3.05, 3.63) is 28.0 Å². The first-order valence-corrected chi connectivity index (χ1v) is 9.80. The molecule has 0 bridgehead atoms. The fraction of sp³-hybridized carbons (Fsp3) is 0.300. The summed E-state index contributed by atoms with van der Waals surface area (Å²) in [5.41, 5.74) is 0.634. The van der Waals surface area contributed by atoms with E-state index >= 15 is 0 Å². The molecule has 7 nitrogen and oxygen atoms in total. The first kappa shape index (κ1) is 16.8. The van der Waals surface area contributed by atoms with Gasteiger partial charge in [-0.25, -0.2) is 26.4 Å².